The summed E-state index contributed by atoms with van der Waals surface area (Å²) in [5, 5.41) is 0. The van der Waals surface area contributed by atoms with Crippen molar-refractivity contribution < 1.29 is 0 Å². The third kappa shape index (κ3) is 45.7. The molecule has 47 heavy (non-hydrogen) atoms. The van der Waals surface area contributed by atoms with Crippen LogP contribution in [-0.2, 0) is 12.8 Å². The molecule has 0 heteroatoms. The quantitative estimate of drug-likeness (QED) is 0.219. The molecule has 1 aromatic rings. The minimum atomic E-state index is 0.625. The second-order valence-corrected chi connectivity index (χ2v) is 10.6. The van der Waals surface area contributed by atoms with E-state index in [-0.39, 0.29) is 0 Å². The summed E-state index contributed by atoms with van der Waals surface area (Å²) in [5.41, 5.74) is 8.40. The van der Waals surface area contributed by atoms with Gasteiger partial charge in [0.15, 0.2) is 0 Å². The zero-order valence-corrected chi connectivity index (χ0v) is 35.8. The Hall–Kier alpha value is -2.52. The van der Waals surface area contributed by atoms with Gasteiger partial charge in [0.1, 0.15) is 0 Å². The molecule has 1 aromatic carbocycles. The standard InChI is InChI=1S/C17H20.C8H16.C7H10.C3H8.5C2H6.C2H4/c1-14(2)12-16-8-10-17(11-9-16)13-15-6-4-3-5-7-15;1-6(2)8(5)7(3)4;1-2-7-5-3-4-6-7;1-3-2;6*1-2/h4,6-11H,1,3,5,12-13H2,2H3;6H,1-5H3;1,7H,3-6H2;3H2,1-2H3;5*1-2H3;1-2H2. The molecule has 0 bridgehead atoms. The lowest BCUT2D eigenvalue weighted by atomic mass is 9.98. The first-order valence-corrected chi connectivity index (χ1v) is 19.3. The molecule has 0 nitrogen and oxygen atoms in total. The van der Waals surface area contributed by atoms with Gasteiger partial charge in [-0.1, -0.05) is 182 Å². The van der Waals surface area contributed by atoms with Crippen LogP contribution in [0.4, 0.5) is 0 Å². The molecule has 1 saturated carbocycles. The Balaban J connectivity index is -0.0000000907. The SMILES string of the molecule is C#CC1CCCC1.C=C.C=C(C)Cc1ccc(CC2=CCCC=C2)cc1.CC.CC.CC.CC.CC.CC(C)=C(C)C(C)C.CCC. The fourth-order valence-electron chi connectivity index (χ4n) is 3.83. The van der Waals surface area contributed by atoms with E-state index in [4.69, 9.17) is 6.42 Å². The van der Waals surface area contributed by atoms with E-state index in [9.17, 15) is 0 Å². The topological polar surface area (TPSA) is 0 Å². The number of benzene rings is 1. The fourth-order valence-corrected chi connectivity index (χ4v) is 3.83. The maximum atomic E-state index is 5.18. The van der Waals surface area contributed by atoms with Gasteiger partial charge < -0.3 is 0 Å². The van der Waals surface area contributed by atoms with Crippen LogP contribution in [0.25, 0.3) is 0 Å². The summed E-state index contributed by atoms with van der Waals surface area (Å²) in [5.74, 6) is 4.11. The van der Waals surface area contributed by atoms with Crippen LogP contribution < -0.4 is 0 Å². The molecule has 0 heterocycles. The Labute approximate surface area is 301 Å². The molecule has 3 rings (SSSR count). The smallest absolute Gasteiger partial charge is 0.0200 e. The van der Waals surface area contributed by atoms with Crippen LogP contribution in [-0.4, -0.2) is 0 Å². The summed E-state index contributed by atoms with van der Waals surface area (Å²) in [6.07, 6.45) is 23.0. The highest BCUT2D eigenvalue weighted by Gasteiger charge is 2.10. The van der Waals surface area contributed by atoms with E-state index in [1.807, 2.05) is 69.2 Å². The van der Waals surface area contributed by atoms with Gasteiger partial charge in [-0.05, 0) is 88.8 Å². The molecule has 0 aromatic heterocycles. The fraction of sp³-hybridized carbons (Fsp3) is 0.617. The Morgan fingerprint density at radius 3 is 1.43 bits per heavy atom. The molecule has 0 unspecified atom stereocenters. The number of allylic oxidation sites excluding steroid dienone is 7. The van der Waals surface area contributed by atoms with Crippen molar-refractivity contribution in [2.24, 2.45) is 11.8 Å². The highest BCUT2D eigenvalue weighted by atomic mass is 14.1. The summed E-state index contributed by atoms with van der Waals surface area (Å²) < 4.78 is 0. The van der Waals surface area contributed by atoms with Gasteiger partial charge in [-0.3, -0.25) is 0 Å². The molecule has 0 saturated heterocycles. The van der Waals surface area contributed by atoms with Crippen LogP contribution in [0.5, 0.6) is 0 Å². The number of terminal acetylenes is 1. The second kappa shape index (κ2) is 53.0. The summed E-state index contributed by atoms with van der Waals surface area (Å²) in [7, 11) is 0. The Bertz CT molecular complexity index is 838. The second-order valence-electron chi connectivity index (χ2n) is 10.6. The minimum Gasteiger partial charge on any atom is -0.120 e. The van der Waals surface area contributed by atoms with Gasteiger partial charge in [-0.2, -0.15) is 0 Å². The van der Waals surface area contributed by atoms with Gasteiger partial charge in [0, 0.05) is 5.92 Å². The Kier molecular flexibility index (Phi) is 67.5. The molecule has 0 amide bonds. The molecule has 0 atom stereocenters. The molecule has 2 aliphatic rings. The van der Waals surface area contributed by atoms with Crippen LogP contribution >= 0.6 is 0 Å². The van der Waals surface area contributed by atoms with Crippen LogP contribution in [0, 0.1) is 24.2 Å². The predicted octanol–water partition coefficient (Wildman–Crippen LogP) is 16.8. The van der Waals surface area contributed by atoms with Gasteiger partial charge >= 0.3 is 0 Å². The van der Waals surface area contributed by atoms with Crippen molar-refractivity contribution in [2.75, 3.05) is 0 Å². The van der Waals surface area contributed by atoms with Crippen LogP contribution in [0.2, 0.25) is 0 Å². The highest BCUT2D eigenvalue weighted by Crippen LogP contribution is 2.23. The maximum absolute atomic E-state index is 5.18. The zero-order valence-electron chi connectivity index (χ0n) is 35.8. The van der Waals surface area contributed by atoms with Gasteiger partial charge in [0.05, 0.1) is 0 Å². The molecule has 0 aliphatic heterocycles. The summed E-state index contributed by atoms with van der Waals surface area (Å²) in [6, 6.07) is 8.91. The van der Waals surface area contributed by atoms with E-state index >= 15 is 0 Å². The van der Waals surface area contributed by atoms with E-state index in [0.29, 0.717) is 5.92 Å². The third-order valence-electron chi connectivity index (χ3n) is 6.25. The van der Waals surface area contributed by atoms with E-state index in [0.717, 1.165) is 18.8 Å². The molecule has 0 radical (unpaired) electrons. The third-order valence-corrected chi connectivity index (χ3v) is 6.25. The highest BCUT2D eigenvalue weighted by molar-refractivity contribution is 5.32. The molecule has 1 fully saturated rings. The van der Waals surface area contributed by atoms with Crippen molar-refractivity contribution in [3.63, 3.8) is 0 Å². The predicted molar refractivity (Wildman–Crippen MR) is 229 cm³/mol. The first-order chi connectivity index (χ1) is 22.6. The lowest BCUT2D eigenvalue weighted by molar-refractivity contribution is 0.713. The normalized spacial score (nSPS) is 11.3. The largest absolute Gasteiger partial charge is 0.120 e. The van der Waals surface area contributed by atoms with Crippen molar-refractivity contribution >= 4 is 0 Å². The van der Waals surface area contributed by atoms with Crippen LogP contribution in [0.15, 0.2) is 84.5 Å². The van der Waals surface area contributed by atoms with E-state index < -0.39 is 0 Å². The molecule has 0 N–H and O–H groups in total. The molecular formula is C47H88. The number of hydrogen-bond acceptors (Lipinski definition) is 0. The van der Waals surface area contributed by atoms with Crippen molar-refractivity contribution in [2.45, 2.75) is 182 Å². The average molecular weight is 653 g/mol. The van der Waals surface area contributed by atoms with E-state index in [1.165, 1.54) is 78.4 Å². The maximum Gasteiger partial charge on any atom is 0.0200 e. The summed E-state index contributed by atoms with van der Waals surface area (Å²) >= 11 is 0. The lowest BCUT2D eigenvalue weighted by Gasteiger charge is -2.08. The van der Waals surface area contributed by atoms with Crippen molar-refractivity contribution in [1.29, 1.82) is 0 Å². The molecule has 2 aliphatic carbocycles. The molecule has 0 spiro atoms. The van der Waals surface area contributed by atoms with Crippen molar-refractivity contribution in [3.8, 4) is 12.3 Å². The van der Waals surface area contributed by atoms with Crippen molar-refractivity contribution in [1.82, 2.24) is 0 Å². The van der Waals surface area contributed by atoms with Crippen molar-refractivity contribution in [3.05, 3.63) is 95.6 Å². The first kappa shape index (κ1) is 59.9. The summed E-state index contributed by atoms with van der Waals surface area (Å²) in [6.45, 7) is 47.2. The molecule has 276 valence electrons. The monoisotopic (exact) mass is 653 g/mol. The van der Waals surface area contributed by atoms with Gasteiger partial charge in [0.25, 0.3) is 0 Å². The van der Waals surface area contributed by atoms with E-state index in [1.54, 1.807) is 0 Å². The number of rotatable bonds is 5. The zero-order chi connectivity index (χ0) is 38.6. The van der Waals surface area contributed by atoms with E-state index in [2.05, 4.69) is 124 Å². The van der Waals surface area contributed by atoms with Crippen LogP contribution in [0.3, 0.4) is 0 Å². The first-order valence-electron chi connectivity index (χ1n) is 19.3. The minimum absolute atomic E-state index is 0.625. The lowest BCUT2D eigenvalue weighted by Crippen LogP contribution is -1.92. The van der Waals surface area contributed by atoms with Gasteiger partial charge in [-0.15, -0.1) is 25.5 Å². The Morgan fingerprint density at radius 2 is 1.17 bits per heavy atom. The molecular weight excluding hydrogens is 565 g/mol. The average Bonchev–Trinajstić information content (AvgIpc) is 3.66. The van der Waals surface area contributed by atoms with Gasteiger partial charge in [-0.25, -0.2) is 0 Å². The number of hydrogen-bond donors (Lipinski definition) is 0. The Morgan fingerprint density at radius 1 is 0.766 bits per heavy atom. The van der Waals surface area contributed by atoms with Crippen LogP contribution in [0.1, 0.15) is 181 Å². The van der Waals surface area contributed by atoms with Gasteiger partial charge in [0.2, 0.25) is 0 Å². The summed E-state index contributed by atoms with van der Waals surface area (Å²) in [4.78, 5) is 0.